The smallest absolute Gasteiger partial charge is 0.246 e. The van der Waals surface area contributed by atoms with Crippen LogP contribution in [0, 0.1) is 0 Å². The molecule has 168 valence electrons. The predicted octanol–water partition coefficient (Wildman–Crippen LogP) is 3.99. The maximum atomic E-state index is 13.2. The number of fused-ring (bicyclic) bond motifs is 1. The van der Waals surface area contributed by atoms with Gasteiger partial charge in [-0.25, -0.2) is 4.98 Å². The largest absolute Gasteiger partial charge is 0.355 e. The molecule has 4 aromatic rings. The van der Waals surface area contributed by atoms with Crippen molar-refractivity contribution in [3.63, 3.8) is 0 Å². The zero-order valence-corrected chi connectivity index (χ0v) is 18.8. The highest BCUT2D eigenvalue weighted by molar-refractivity contribution is 5.94. The monoisotopic (exact) mass is 440 g/mol. The van der Waals surface area contributed by atoms with Crippen LogP contribution in [-0.4, -0.2) is 34.5 Å². The first-order valence-corrected chi connectivity index (χ1v) is 11.3. The molecule has 6 nitrogen and oxygen atoms in total. The molecular formula is C27H28N4O2. The van der Waals surface area contributed by atoms with Crippen molar-refractivity contribution in [2.45, 2.75) is 26.3 Å². The fourth-order valence-electron chi connectivity index (χ4n) is 3.98. The van der Waals surface area contributed by atoms with E-state index in [1.54, 1.807) is 4.90 Å². The summed E-state index contributed by atoms with van der Waals surface area (Å²) >= 11 is 0. The Kier molecular flexibility index (Phi) is 7.15. The molecule has 0 bridgehead atoms. The molecule has 1 heterocycles. The minimum atomic E-state index is -0.0267. The Balaban J connectivity index is 1.47. The number of nitrogens with zero attached hydrogens (tertiary/aromatic N) is 3. The van der Waals surface area contributed by atoms with Crippen LogP contribution < -0.4 is 10.2 Å². The summed E-state index contributed by atoms with van der Waals surface area (Å²) in [6.07, 6.45) is 0.887. The first kappa shape index (κ1) is 22.3. The molecular weight excluding hydrogens is 412 g/mol. The lowest BCUT2D eigenvalue weighted by Gasteiger charge is -2.22. The predicted molar refractivity (Wildman–Crippen MR) is 131 cm³/mol. The molecule has 33 heavy (non-hydrogen) atoms. The van der Waals surface area contributed by atoms with Gasteiger partial charge < -0.3 is 14.8 Å². The van der Waals surface area contributed by atoms with Gasteiger partial charge in [0, 0.05) is 25.2 Å². The molecule has 0 aliphatic rings. The van der Waals surface area contributed by atoms with E-state index in [2.05, 4.69) is 5.32 Å². The number of aromatic nitrogens is 2. The fourth-order valence-corrected chi connectivity index (χ4v) is 3.98. The van der Waals surface area contributed by atoms with Crippen molar-refractivity contribution in [2.24, 2.45) is 0 Å². The summed E-state index contributed by atoms with van der Waals surface area (Å²) in [7, 11) is 0. The van der Waals surface area contributed by atoms with Gasteiger partial charge in [-0.1, -0.05) is 60.7 Å². The maximum Gasteiger partial charge on any atom is 0.246 e. The summed E-state index contributed by atoms with van der Waals surface area (Å²) in [4.78, 5) is 32.1. The maximum absolute atomic E-state index is 13.2. The van der Waals surface area contributed by atoms with Crippen LogP contribution in [0.15, 0.2) is 84.9 Å². The third-order valence-corrected chi connectivity index (χ3v) is 5.59. The summed E-state index contributed by atoms with van der Waals surface area (Å²) < 4.78 is 1.96. The molecule has 4 rings (SSSR count). The van der Waals surface area contributed by atoms with E-state index in [1.807, 2.05) is 96.4 Å². The third kappa shape index (κ3) is 5.47. The van der Waals surface area contributed by atoms with Crippen molar-refractivity contribution in [2.75, 3.05) is 18.0 Å². The van der Waals surface area contributed by atoms with Crippen LogP contribution in [0.1, 0.15) is 18.3 Å². The number of carbonyl (C=O) groups is 2. The lowest BCUT2D eigenvalue weighted by Crippen LogP contribution is -2.34. The molecule has 0 saturated carbocycles. The Bertz CT molecular complexity index is 1220. The quantitative estimate of drug-likeness (QED) is 0.428. The van der Waals surface area contributed by atoms with Crippen molar-refractivity contribution in [3.05, 3.63) is 96.3 Å². The molecule has 1 N–H and O–H groups in total. The van der Waals surface area contributed by atoms with E-state index in [9.17, 15) is 9.59 Å². The Morgan fingerprint density at radius 2 is 1.58 bits per heavy atom. The Hall–Kier alpha value is -3.93. The van der Waals surface area contributed by atoms with Crippen molar-refractivity contribution >= 4 is 28.5 Å². The number of hydrogen-bond donors (Lipinski definition) is 1. The first-order valence-electron chi connectivity index (χ1n) is 11.3. The highest BCUT2D eigenvalue weighted by Crippen LogP contribution is 2.19. The number of likely N-dealkylation sites (N-methyl/N-ethyl adjacent to an activating group) is 1. The summed E-state index contributed by atoms with van der Waals surface area (Å²) in [6, 6.07) is 27.2. The van der Waals surface area contributed by atoms with E-state index < -0.39 is 0 Å². The van der Waals surface area contributed by atoms with Crippen LogP contribution in [-0.2, 0) is 29.0 Å². The van der Waals surface area contributed by atoms with Crippen molar-refractivity contribution < 1.29 is 9.59 Å². The van der Waals surface area contributed by atoms with Crippen LogP contribution in [0.25, 0.3) is 11.0 Å². The fraction of sp³-hybridized carbons (Fsp3) is 0.222. The van der Waals surface area contributed by atoms with Crippen molar-refractivity contribution in [1.82, 2.24) is 14.9 Å². The number of para-hydroxylation sites is 3. The minimum Gasteiger partial charge on any atom is -0.355 e. The minimum absolute atomic E-state index is 0.00113. The standard InChI is InChI=1S/C27H28N4O2/c1-2-30(22-13-7-4-8-14-22)27(33)20-31-24-16-10-9-15-23(24)29-25(31)17-18-28-26(32)19-21-11-5-3-6-12-21/h3-16H,2,17-20H2,1H3,(H,28,32). The van der Waals surface area contributed by atoms with E-state index in [-0.39, 0.29) is 18.4 Å². The van der Waals surface area contributed by atoms with Crippen molar-refractivity contribution in [1.29, 1.82) is 0 Å². The first-order chi connectivity index (χ1) is 16.2. The van der Waals surface area contributed by atoms with Gasteiger partial charge in [-0.15, -0.1) is 0 Å². The molecule has 2 amide bonds. The number of anilines is 1. The number of imidazole rings is 1. The van der Waals surface area contributed by atoms with Gasteiger partial charge >= 0.3 is 0 Å². The number of hydrogen-bond acceptors (Lipinski definition) is 3. The topological polar surface area (TPSA) is 67.2 Å². The number of benzene rings is 3. The van der Waals surface area contributed by atoms with Gasteiger partial charge in [-0.2, -0.15) is 0 Å². The zero-order valence-electron chi connectivity index (χ0n) is 18.8. The molecule has 0 spiro atoms. The third-order valence-electron chi connectivity index (χ3n) is 5.59. The van der Waals surface area contributed by atoms with Gasteiger partial charge in [-0.05, 0) is 36.8 Å². The van der Waals surface area contributed by atoms with Gasteiger partial charge in [0.25, 0.3) is 0 Å². The number of rotatable bonds is 9. The molecule has 0 fully saturated rings. The second-order valence-electron chi connectivity index (χ2n) is 7.84. The molecule has 1 aromatic heterocycles. The van der Waals surface area contributed by atoms with E-state index in [0.29, 0.717) is 25.9 Å². The molecule has 0 atom stereocenters. The summed E-state index contributed by atoms with van der Waals surface area (Å²) in [5, 5.41) is 2.98. The second kappa shape index (κ2) is 10.6. The Morgan fingerprint density at radius 3 is 2.30 bits per heavy atom. The van der Waals surface area contributed by atoms with E-state index in [0.717, 1.165) is 28.1 Å². The van der Waals surface area contributed by atoms with Gasteiger partial charge in [0.1, 0.15) is 12.4 Å². The number of amides is 2. The van der Waals surface area contributed by atoms with Gasteiger partial charge in [0.05, 0.1) is 17.5 Å². The molecule has 0 radical (unpaired) electrons. The van der Waals surface area contributed by atoms with E-state index in [4.69, 9.17) is 4.98 Å². The summed E-state index contributed by atoms with van der Waals surface area (Å²) in [6.45, 7) is 3.20. The normalized spacial score (nSPS) is 10.8. The van der Waals surface area contributed by atoms with Gasteiger partial charge in [0.15, 0.2) is 0 Å². The molecule has 0 aliphatic carbocycles. The van der Waals surface area contributed by atoms with Crippen LogP contribution >= 0.6 is 0 Å². The SMILES string of the molecule is CCN(C(=O)Cn1c(CCNC(=O)Cc2ccccc2)nc2ccccc21)c1ccccc1. The molecule has 0 unspecified atom stereocenters. The molecule has 6 heteroatoms. The Morgan fingerprint density at radius 1 is 0.909 bits per heavy atom. The van der Waals surface area contributed by atoms with E-state index in [1.165, 1.54) is 0 Å². The van der Waals surface area contributed by atoms with Crippen LogP contribution in [0.5, 0.6) is 0 Å². The van der Waals surface area contributed by atoms with Gasteiger partial charge in [-0.3, -0.25) is 9.59 Å². The number of nitrogens with one attached hydrogen (secondary N) is 1. The van der Waals surface area contributed by atoms with Crippen LogP contribution in [0.3, 0.4) is 0 Å². The lowest BCUT2D eigenvalue weighted by molar-refractivity contribution is -0.120. The zero-order chi connectivity index (χ0) is 23.0. The van der Waals surface area contributed by atoms with Crippen molar-refractivity contribution in [3.8, 4) is 0 Å². The lowest BCUT2D eigenvalue weighted by atomic mass is 10.1. The van der Waals surface area contributed by atoms with E-state index >= 15 is 0 Å². The Labute approximate surface area is 193 Å². The summed E-state index contributed by atoms with van der Waals surface area (Å²) in [5.74, 6) is 0.760. The van der Waals surface area contributed by atoms with Gasteiger partial charge in [0.2, 0.25) is 11.8 Å². The molecule has 0 aliphatic heterocycles. The number of carbonyl (C=O) groups excluding carboxylic acids is 2. The second-order valence-corrected chi connectivity index (χ2v) is 7.84. The average molecular weight is 441 g/mol. The highest BCUT2D eigenvalue weighted by Gasteiger charge is 2.18. The van der Waals surface area contributed by atoms with Crippen LogP contribution in [0.4, 0.5) is 5.69 Å². The average Bonchev–Trinajstić information content (AvgIpc) is 3.18. The molecule has 0 saturated heterocycles. The molecule has 3 aromatic carbocycles. The van der Waals surface area contributed by atoms with Crippen LogP contribution in [0.2, 0.25) is 0 Å². The summed E-state index contributed by atoms with van der Waals surface area (Å²) in [5.41, 5.74) is 3.62. The highest BCUT2D eigenvalue weighted by atomic mass is 16.2.